The number of allylic oxidation sites excluding steroid dienone is 1. The van der Waals surface area contributed by atoms with Crippen LogP contribution in [0.25, 0.3) is 0 Å². The van der Waals surface area contributed by atoms with Crippen LogP contribution < -0.4 is 5.43 Å². The number of rotatable bonds is 1. The molecule has 1 aromatic rings. The lowest BCUT2D eigenvalue weighted by Gasteiger charge is -2.33. The zero-order valence-electron chi connectivity index (χ0n) is 10.8. The van der Waals surface area contributed by atoms with Crippen molar-refractivity contribution in [3.05, 3.63) is 46.1 Å². The summed E-state index contributed by atoms with van der Waals surface area (Å²) in [6.45, 7) is 0. The molecule has 1 aliphatic rings. The van der Waals surface area contributed by atoms with Gasteiger partial charge in [-0.25, -0.2) is 5.01 Å². The molecule has 1 aromatic carbocycles. The second kappa shape index (κ2) is 5.41. The Morgan fingerprint density at radius 2 is 1.83 bits per heavy atom. The molecule has 0 spiro atoms. The summed E-state index contributed by atoms with van der Waals surface area (Å²) in [6, 6.07) is 4.96. The van der Waals surface area contributed by atoms with Crippen LogP contribution in [0.1, 0.15) is 10.4 Å². The Morgan fingerprint density at radius 3 is 2.30 bits per heavy atom. The Hall–Kier alpha value is -1.75. The molecule has 0 fully saturated rings. The second-order valence-electron chi connectivity index (χ2n) is 4.54. The highest BCUT2D eigenvalue weighted by Gasteiger charge is 2.64. The minimum absolute atomic E-state index is 0.321. The summed E-state index contributed by atoms with van der Waals surface area (Å²) in [5, 5.41) is 9.15. The molecule has 1 heterocycles. The quantitative estimate of drug-likeness (QED) is 0.707. The first kappa shape index (κ1) is 17.6. The van der Waals surface area contributed by atoms with Crippen LogP contribution in [0.15, 0.2) is 40.5 Å². The third-order valence-electron chi connectivity index (χ3n) is 2.92. The maximum atomic E-state index is 13.0. The molecule has 0 saturated heterocycles. The van der Waals surface area contributed by atoms with Gasteiger partial charge in [0.15, 0.2) is 0 Å². The van der Waals surface area contributed by atoms with Crippen molar-refractivity contribution in [2.24, 2.45) is 0 Å². The molecule has 11 heteroatoms. The maximum Gasteiger partial charge on any atom is 0.442 e. The molecule has 0 radical (unpaired) electrons. The summed E-state index contributed by atoms with van der Waals surface area (Å²) < 4.78 is 77.3. The highest BCUT2D eigenvalue weighted by Crippen LogP contribution is 2.41. The second-order valence-corrected chi connectivity index (χ2v) is 5.46. The molecule has 0 saturated carbocycles. The van der Waals surface area contributed by atoms with E-state index in [1.54, 1.807) is 0 Å². The smallest absolute Gasteiger partial charge is 0.359 e. The standard InChI is InChI=1S/C12H7BrF6N2O2/c13-7-3-1-2-6(4-7)9(22)21-10(23,12(17,18)19)5-8(20-21)11(14,15)16/h1-5,20,23H/t10-/m1/s1. The fourth-order valence-corrected chi connectivity index (χ4v) is 2.21. The average molecular weight is 405 g/mol. The number of alkyl halides is 6. The SMILES string of the molecule is O=C(c1cccc(Br)c1)N1NC(C(F)(F)F)=C[C@@]1(O)C(F)(F)F. The van der Waals surface area contributed by atoms with Gasteiger partial charge in [0, 0.05) is 16.1 Å². The van der Waals surface area contributed by atoms with Crippen LogP contribution in [-0.4, -0.2) is 34.1 Å². The Bertz CT molecular complexity index is 672. The van der Waals surface area contributed by atoms with Crippen molar-refractivity contribution in [3.8, 4) is 0 Å². The lowest BCUT2D eigenvalue weighted by atomic mass is 10.1. The predicted octanol–water partition coefficient (Wildman–Crippen LogP) is 3.11. The third kappa shape index (κ3) is 3.15. The number of carbonyl (C=O) groups excluding carboxylic acids is 1. The van der Waals surface area contributed by atoms with E-state index in [-0.39, 0.29) is 5.56 Å². The fraction of sp³-hybridized carbons (Fsp3) is 0.250. The molecule has 1 amide bonds. The van der Waals surface area contributed by atoms with E-state index in [2.05, 4.69) is 15.9 Å². The van der Waals surface area contributed by atoms with Gasteiger partial charge in [-0.15, -0.1) is 0 Å². The summed E-state index contributed by atoms with van der Waals surface area (Å²) in [6.07, 6.45) is -11.2. The highest BCUT2D eigenvalue weighted by molar-refractivity contribution is 9.10. The first-order valence-corrected chi connectivity index (χ1v) is 6.61. The van der Waals surface area contributed by atoms with E-state index < -0.39 is 40.8 Å². The van der Waals surface area contributed by atoms with Gasteiger partial charge in [-0.3, -0.25) is 10.2 Å². The van der Waals surface area contributed by atoms with E-state index in [0.29, 0.717) is 4.47 Å². The molecule has 0 bridgehead atoms. The normalized spacial score (nSPS) is 21.9. The van der Waals surface area contributed by atoms with Crippen LogP contribution in [0, 0.1) is 0 Å². The van der Waals surface area contributed by atoms with Crippen molar-refractivity contribution < 1.29 is 36.2 Å². The number of hydrazine groups is 1. The van der Waals surface area contributed by atoms with Crippen LogP contribution in [0.2, 0.25) is 0 Å². The van der Waals surface area contributed by atoms with E-state index in [1.165, 1.54) is 17.6 Å². The fourth-order valence-electron chi connectivity index (χ4n) is 1.81. The number of hydrogen-bond donors (Lipinski definition) is 2. The highest BCUT2D eigenvalue weighted by atomic mass is 79.9. The first-order chi connectivity index (χ1) is 10.4. The van der Waals surface area contributed by atoms with Crippen LogP contribution in [-0.2, 0) is 0 Å². The summed E-state index contributed by atoms with van der Waals surface area (Å²) in [4.78, 5) is 12.1. The van der Waals surface area contributed by atoms with Gasteiger partial charge in [-0.1, -0.05) is 22.0 Å². The van der Waals surface area contributed by atoms with Crippen molar-refractivity contribution in [2.75, 3.05) is 0 Å². The predicted molar refractivity (Wildman–Crippen MR) is 68.6 cm³/mol. The van der Waals surface area contributed by atoms with Crippen LogP contribution in [0.4, 0.5) is 26.3 Å². The molecule has 1 aliphatic heterocycles. The molecule has 0 unspecified atom stereocenters. The molecule has 4 nitrogen and oxygen atoms in total. The number of benzene rings is 1. The topological polar surface area (TPSA) is 52.6 Å². The van der Waals surface area contributed by atoms with Crippen molar-refractivity contribution in [1.29, 1.82) is 0 Å². The number of halogens is 7. The Labute approximate surface area is 133 Å². The molecule has 126 valence electrons. The molecule has 0 aromatic heterocycles. The average Bonchev–Trinajstić information content (AvgIpc) is 2.77. The number of aliphatic hydroxyl groups is 1. The minimum Gasteiger partial charge on any atom is -0.359 e. The number of amides is 1. The zero-order valence-corrected chi connectivity index (χ0v) is 12.4. The number of carbonyl (C=O) groups is 1. The lowest BCUT2D eigenvalue weighted by molar-refractivity contribution is -0.283. The molecule has 23 heavy (non-hydrogen) atoms. The minimum atomic E-state index is -5.55. The largest absolute Gasteiger partial charge is 0.442 e. The first-order valence-electron chi connectivity index (χ1n) is 5.82. The van der Waals surface area contributed by atoms with Gasteiger partial charge in [0.25, 0.3) is 11.6 Å². The van der Waals surface area contributed by atoms with Crippen molar-refractivity contribution in [3.63, 3.8) is 0 Å². The van der Waals surface area contributed by atoms with Crippen LogP contribution >= 0.6 is 15.9 Å². The number of nitrogens with zero attached hydrogens (tertiary/aromatic N) is 1. The van der Waals surface area contributed by atoms with Gasteiger partial charge in [0.05, 0.1) is 0 Å². The summed E-state index contributed by atoms with van der Waals surface area (Å²) >= 11 is 2.98. The summed E-state index contributed by atoms with van der Waals surface area (Å²) in [5.41, 5.74) is -5.09. The van der Waals surface area contributed by atoms with Gasteiger partial charge in [-0.05, 0) is 18.2 Å². The monoisotopic (exact) mass is 404 g/mol. The molecular weight excluding hydrogens is 398 g/mol. The summed E-state index contributed by atoms with van der Waals surface area (Å²) in [7, 11) is 0. The molecule has 1 atom stereocenters. The Kier molecular flexibility index (Phi) is 4.14. The van der Waals surface area contributed by atoms with E-state index >= 15 is 0 Å². The van der Waals surface area contributed by atoms with Crippen molar-refractivity contribution in [2.45, 2.75) is 18.1 Å². The Morgan fingerprint density at radius 1 is 1.22 bits per heavy atom. The maximum absolute atomic E-state index is 13.0. The molecule has 2 rings (SSSR count). The van der Waals surface area contributed by atoms with Gasteiger partial charge in [0.2, 0.25) is 0 Å². The molecule has 0 aliphatic carbocycles. The Balaban J connectivity index is 2.47. The lowest BCUT2D eigenvalue weighted by Crippen LogP contribution is -2.60. The van der Waals surface area contributed by atoms with Gasteiger partial charge >= 0.3 is 12.4 Å². The van der Waals surface area contributed by atoms with Crippen molar-refractivity contribution in [1.82, 2.24) is 10.4 Å². The number of hydrogen-bond acceptors (Lipinski definition) is 3. The zero-order chi connectivity index (χ0) is 17.6. The molecule has 2 N–H and O–H groups in total. The number of nitrogens with one attached hydrogen (secondary N) is 1. The summed E-state index contributed by atoms with van der Waals surface area (Å²) in [5.74, 6) is -1.48. The molecular formula is C12H7BrF6N2O2. The van der Waals surface area contributed by atoms with E-state index in [9.17, 15) is 36.2 Å². The van der Waals surface area contributed by atoms with Gasteiger partial charge in [0.1, 0.15) is 5.70 Å². The van der Waals surface area contributed by atoms with Crippen LogP contribution in [0.5, 0.6) is 0 Å². The van der Waals surface area contributed by atoms with Crippen molar-refractivity contribution >= 4 is 21.8 Å². The van der Waals surface area contributed by atoms with E-state index in [1.807, 2.05) is 0 Å². The van der Waals surface area contributed by atoms with Gasteiger partial charge in [-0.2, -0.15) is 26.3 Å². The van der Waals surface area contributed by atoms with Crippen LogP contribution in [0.3, 0.4) is 0 Å². The van der Waals surface area contributed by atoms with E-state index in [4.69, 9.17) is 0 Å². The van der Waals surface area contributed by atoms with Gasteiger partial charge < -0.3 is 5.11 Å². The third-order valence-corrected chi connectivity index (χ3v) is 3.41. The van der Waals surface area contributed by atoms with E-state index in [0.717, 1.165) is 12.1 Å².